The Morgan fingerprint density at radius 3 is 2.75 bits per heavy atom. The number of aromatic nitrogens is 1. The molecule has 16 heavy (non-hydrogen) atoms. The third kappa shape index (κ3) is 4.11. The van der Waals surface area contributed by atoms with Crippen LogP contribution in [-0.4, -0.2) is 17.7 Å². The summed E-state index contributed by atoms with van der Waals surface area (Å²) >= 11 is 2.08. The molecule has 0 saturated heterocycles. The van der Waals surface area contributed by atoms with Crippen molar-refractivity contribution in [2.24, 2.45) is 5.92 Å². The van der Waals surface area contributed by atoms with Crippen LogP contribution in [0.2, 0.25) is 0 Å². The first-order valence-electron chi connectivity index (χ1n) is 5.27. The highest BCUT2D eigenvalue weighted by Gasteiger charge is 2.12. The number of carbonyl (C=O) groups excluding carboxylic acids is 1. The highest BCUT2D eigenvalue weighted by Crippen LogP contribution is 2.16. The fourth-order valence-corrected chi connectivity index (χ4v) is 1.54. The van der Waals surface area contributed by atoms with Gasteiger partial charge < -0.3 is 9.26 Å². The predicted molar refractivity (Wildman–Crippen MR) is 68.1 cm³/mol. The van der Waals surface area contributed by atoms with E-state index in [1.807, 2.05) is 20.8 Å². The molecule has 1 aromatic heterocycles. The molecule has 4 nitrogen and oxygen atoms in total. The Kier molecular flexibility index (Phi) is 5.24. The van der Waals surface area contributed by atoms with E-state index < -0.39 is 0 Å². The molecule has 1 aromatic rings. The quantitative estimate of drug-likeness (QED) is 0.612. The summed E-state index contributed by atoms with van der Waals surface area (Å²) in [5.41, 5.74) is 1.85. The van der Waals surface area contributed by atoms with E-state index in [0.29, 0.717) is 25.4 Å². The van der Waals surface area contributed by atoms with E-state index in [1.165, 1.54) is 0 Å². The Bertz CT molecular complexity index is 360. The molecule has 0 unspecified atom stereocenters. The smallest absolute Gasteiger partial charge is 0.306 e. The molecular weight excluding hydrogens is 321 g/mol. The Morgan fingerprint density at radius 2 is 2.25 bits per heavy atom. The van der Waals surface area contributed by atoms with Crippen LogP contribution < -0.4 is 0 Å². The van der Waals surface area contributed by atoms with Gasteiger partial charge in [0.1, 0.15) is 0 Å². The number of hydrogen-bond acceptors (Lipinski definition) is 4. The van der Waals surface area contributed by atoms with Crippen molar-refractivity contribution in [1.82, 2.24) is 5.16 Å². The number of nitrogens with zero attached hydrogens (tertiary/aromatic N) is 1. The molecule has 0 spiro atoms. The van der Waals surface area contributed by atoms with Gasteiger partial charge in [0, 0.05) is 34.6 Å². The molecule has 5 heteroatoms. The van der Waals surface area contributed by atoms with Gasteiger partial charge in [0.2, 0.25) is 0 Å². The van der Waals surface area contributed by atoms with E-state index in [2.05, 4.69) is 27.7 Å². The van der Waals surface area contributed by atoms with Gasteiger partial charge in [-0.05, 0) is 12.8 Å². The average Bonchev–Trinajstić information content (AvgIpc) is 2.54. The second kappa shape index (κ2) is 6.22. The molecular formula is C11H16INO3. The van der Waals surface area contributed by atoms with Crippen LogP contribution in [0.4, 0.5) is 0 Å². The maximum atomic E-state index is 11.4. The van der Waals surface area contributed by atoms with Crippen molar-refractivity contribution in [3.8, 4) is 0 Å². The maximum Gasteiger partial charge on any atom is 0.306 e. The molecule has 0 aliphatic heterocycles. The fraction of sp³-hybridized carbons (Fsp3) is 0.636. The van der Waals surface area contributed by atoms with Gasteiger partial charge in [-0.15, -0.1) is 0 Å². The van der Waals surface area contributed by atoms with Crippen molar-refractivity contribution in [3.63, 3.8) is 0 Å². The predicted octanol–water partition coefficient (Wildman–Crippen LogP) is 2.72. The van der Waals surface area contributed by atoms with Crippen molar-refractivity contribution in [3.05, 3.63) is 15.0 Å². The molecule has 0 amide bonds. The highest BCUT2D eigenvalue weighted by atomic mass is 127. The first kappa shape index (κ1) is 13.5. The number of aryl methyl sites for hydroxylation is 1. The van der Waals surface area contributed by atoms with Crippen LogP contribution in [0.3, 0.4) is 0 Å². The zero-order valence-corrected chi connectivity index (χ0v) is 11.9. The third-order valence-electron chi connectivity index (χ3n) is 2.11. The number of esters is 1. The zero-order valence-electron chi connectivity index (χ0n) is 9.75. The third-order valence-corrected chi connectivity index (χ3v) is 3.11. The second-order valence-electron chi connectivity index (χ2n) is 4.10. The topological polar surface area (TPSA) is 52.3 Å². The zero-order chi connectivity index (χ0) is 12.1. The summed E-state index contributed by atoms with van der Waals surface area (Å²) in [6.07, 6.45) is 0.936. The first-order valence-corrected chi connectivity index (χ1v) is 6.35. The summed E-state index contributed by atoms with van der Waals surface area (Å²) in [6, 6.07) is 0. The molecule has 0 saturated carbocycles. The summed E-state index contributed by atoms with van der Waals surface area (Å²) in [6.45, 7) is 6.44. The highest BCUT2D eigenvalue weighted by molar-refractivity contribution is 14.1. The van der Waals surface area contributed by atoms with E-state index in [1.54, 1.807) is 0 Å². The van der Waals surface area contributed by atoms with E-state index in [9.17, 15) is 4.79 Å². The molecule has 0 aliphatic rings. The Labute approximate surface area is 109 Å². The van der Waals surface area contributed by atoms with Crippen molar-refractivity contribution in [2.45, 2.75) is 33.6 Å². The lowest BCUT2D eigenvalue weighted by Gasteiger charge is -2.06. The van der Waals surface area contributed by atoms with Crippen LogP contribution in [0, 0.1) is 16.6 Å². The lowest BCUT2D eigenvalue weighted by atomic mass is 10.2. The molecule has 0 atom stereocenters. The van der Waals surface area contributed by atoms with Gasteiger partial charge in [0.05, 0.1) is 18.7 Å². The van der Waals surface area contributed by atoms with Crippen LogP contribution in [0.1, 0.15) is 31.5 Å². The van der Waals surface area contributed by atoms with Gasteiger partial charge in [0.15, 0.2) is 3.77 Å². The Morgan fingerprint density at radius 1 is 1.56 bits per heavy atom. The molecule has 0 aliphatic carbocycles. The number of carbonyl (C=O) groups is 1. The van der Waals surface area contributed by atoms with Crippen molar-refractivity contribution >= 4 is 28.6 Å². The van der Waals surface area contributed by atoms with Gasteiger partial charge >= 0.3 is 5.97 Å². The van der Waals surface area contributed by atoms with E-state index in [-0.39, 0.29) is 5.97 Å². The minimum Gasteiger partial charge on any atom is -0.465 e. The number of rotatable bonds is 5. The normalized spacial score (nSPS) is 10.8. The van der Waals surface area contributed by atoms with Crippen LogP contribution in [0.5, 0.6) is 0 Å². The summed E-state index contributed by atoms with van der Waals surface area (Å²) in [7, 11) is 0. The second-order valence-corrected chi connectivity index (χ2v) is 5.08. The van der Waals surface area contributed by atoms with E-state index >= 15 is 0 Å². The van der Waals surface area contributed by atoms with Crippen LogP contribution in [-0.2, 0) is 16.0 Å². The minimum absolute atomic E-state index is 0.175. The van der Waals surface area contributed by atoms with Gasteiger partial charge in [-0.25, -0.2) is 0 Å². The van der Waals surface area contributed by atoms with Crippen molar-refractivity contribution < 1.29 is 14.1 Å². The van der Waals surface area contributed by atoms with Crippen molar-refractivity contribution in [2.75, 3.05) is 6.61 Å². The SMILES string of the molecule is Cc1c(CCC(=O)OCC(C)C)noc1I. The summed E-state index contributed by atoms with van der Waals surface area (Å²) in [5, 5.41) is 3.89. The summed E-state index contributed by atoms with van der Waals surface area (Å²) < 4.78 is 10.9. The number of halogens is 1. The van der Waals surface area contributed by atoms with Crippen LogP contribution in [0.15, 0.2) is 4.52 Å². The van der Waals surface area contributed by atoms with E-state index in [0.717, 1.165) is 15.0 Å². The minimum atomic E-state index is -0.175. The number of ether oxygens (including phenoxy) is 1. The average molecular weight is 337 g/mol. The van der Waals surface area contributed by atoms with Gasteiger partial charge in [0.25, 0.3) is 0 Å². The Hall–Kier alpha value is -0.590. The fourth-order valence-electron chi connectivity index (χ4n) is 1.13. The van der Waals surface area contributed by atoms with Crippen molar-refractivity contribution in [1.29, 1.82) is 0 Å². The molecule has 0 fully saturated rings. The Balaban J connectivity index is 2.34. The summed E-state index contributed by atoms with van der Waals surface area (Å²) in [4.78, 5) is 11.4. The number of hydrogen-bond donors (Lipinski definition) is 0. The molecule has 0 N–H and O–H groups in total. The van der Waals surface area contributed by atoms with Gasteiger partial charge in [-0.1, -0.05) is 19.0 Å². The molecule has 0 radical (unpaired) electrons. The largest absolute Gasteiger partial charge is 0.465 e. The van der Waals surface area contributed by atoms with Gasteiger partial charge in [-0.3, -0.25) is 4.79 Å². The molecule has 1 heterocycles. The maximum absolute atomic E-state index is 11.4. The lowest BCUT2D eigenvalue weighted by Crippen LogP contribution is -2.10. The summed E-state index contributed by atoms with van der Waals surface area (Å²) in [5.74, 6) is 0.199. The van der Waals surface area contributed by atoms with E-state index in [4.69, 9.17) is 9.26 Å². The first-order chi connectivity index (χ1) is 7.50. The molecule has 0 bridgehead atoms. The molecule has 90 valence electrons. The lowest BCUT2D eigenvalue weighted by molar-refractivity contribution is -0.144. The van der Waals surface area contributed by atoms with Gasteiger partial charge in [-0.2, -0.15) is 0 Å². The van der Waals surface area contributed by atoms with Crippen LogP contribution in [0.25, 0.3) is 0 Å². The van der Waals surface area contributed by atoms with Crippen LogP contribution >= 0.6 is 22.6 Å². The molecule has 0 aromatic carbocycles. The standard InChI is InChI=1S/C11H16INO3/c1-7(2)6-15-10(14)5-4-9-8(3)11(12)16-13-9/h7H,4-6H2,1-3H3. The molecule has 1 rings (SSSR count). The monoisotopic (exact) mass is 337 g/mol.